The molecule has 0 saturated heterocycles. The fourth-order valence-electron chi connectivity index (χ4n) is 2.12. The second kappa shape index (κ2) is 6.96. The molecule has 0 fully saturated rings. The summed E-state index contributed by atoms with van der Waals surface area (Å²) >= 11 is 0. The minimum Gasteiger partial charge on any atom is -0.323 e. The Kier molecular flexibility index (Phi) is 5.88. The van der Waals surface area contributed by atoms with Crippen molar-refractivity contribution in [2.75, 3.05) is 13.1 Å². The third-order valence-electron chi connectivity index (χ3n) is 3.12. The van der Waals surface area contributed by atoms with Crippen molar-refractivity contribution in [3.8, 4) is 0 Å². The number of rotatable bonds is 6. The lowest BCUT2D eigenvalue weighted by molar-refractivity contribution is 0.185. The van der Waals surface area contributed by atoms with Gasteiger partial charge in [-0.15, -0.1) is 0 Å². The van der Waals surface area contributed by atoms with Crippen molar-refractivity contribution in [1.82, 2.24) is 4.90 Å². The molecule has 1 aromatic rings. The van der Waals surface area contributed by atoms with Gasteiger partial charge >= 0.3 is 0 Å². The predicted octanol–water partition coefficient (Wildman–Crippen LogP) is 3.33. The molecule has 0 heterocycles. The van der Waals surface area contributed by atoms with Crippen LogP contribution in [0.3, 0.4) is 0 Å². The number of nitrogens with two attached hydrogens (primary N) is 1. The maximum Gasteiger partial charge on any atom is 0.130 e. The Hall–Kier alpha value is -1.00. The first-order chi connectivity index (χ1) is 8.81. The van der Waals surface area contributed by atoms with Gasteiger partial charge in [0.2, 0.25) is 0 Å². The minimum absolute atomic E-state index is 0.344. The lowest BCUT2D eigenvalue weighted by Crippen LogP contribution is -2.39. The van der Waals surface area contributed by atoms with Crippen LogP contribution in [0.5, 0.6) is 0 Å². The first-order valence-electron chi connectivity index (χ1n) is 6.75. The molecule has 1 unspecified atom stereocenters. The fourth-order valence-corrected chi connectivity index (χ4v) is 2.12. The van der Waals surface area contributed by atoms with Crippen molar-refractivity contribution >= 4 is 0 Å². The molecule has 2 nitrogen and oxygen atoms in total. The summed E-state index contributed by atoms with van der Waals surface area (Å²) in [5, 5.41) is 0. The topological polar surface area (TPSA) is 29.3 Å². The molecule has 19 heavy (non-hydrogen) atoms. The Labute approximate surface area is 114 Å². The van der Waals surface area contributed by atoms with E-state index in [1.54, 1.807) is 0 Å². The van der Waals surface area contributed by atoms with E-state index in [9.17, 15) is 8.78 Å². The summed E-state index contributed by atoms with van der Waals surface area (Å²) in [5.74, 6) is -0.621. The normalized spacial score (nSPS) is 13.6. The maximum atomic E-state index is 13.7. The van der Waals surface area contributed by atoms with Crippen molar-refractivity contribution in [3.05, 3.63) is 35.4 Å². The Morgan fingerprint density at radius 2 is 1.74 bits per heavy atom. The molecule has 0 radical (unpaired) electrons. The predicted molar refractivity (Wildman–Crippen MR) is 74.8 cm³/mol. The second-order valence-electron chi connectivity index (χ2n) is 5.71. The molecule has 0 saturated carbocycles. The minimum atomic E-state index is -0.573. The van der Waals surface area contributed by atoms with E-state index in [0.717, 1.165) is 12.6 Å². The molecule has 108 valence electrons. The van der Waals surface area contributed by atoms with Gasteiger partial charge in [0.25, 0.3) is 0 Å². The van der Waals surface area contributed by atoms with Crippen molar-refractivity contribution in [2.24, 2.45) is 11.7 Å². The molecule has 0 spiro atoms. The van der Waals surface area contributed by atoms with Crippen LogP contribution < -0.4 is 5.73 Å². The first-order valence-corrected chi connectivity index (χ1v) is 6.75. The quantitative estimate of drug-likeness (QED) is 0.859. The van der Waals surface area contributed by atoms with Crippen LogP contribution in [0.4, 0.5) is 8.78 Å². The van der Waals surface area contributed by atoms with Crippen LogP contribution in [0.1, 0.15) is 39.3 Å². The fraction of sp³-hybridized carbons (Fsp3) is 0.600. The zero-order chi connectivity index (χ0) is 14.6. The molecular weight excluding hydrogens is 246 g/mol. The van der Waals surface area contributed by atoms with Crippen molar-refractivity contribution < 1.29 is 8.78 Å². The third kappa shape index (κ3) is 4.88. The Morgan fingerprint density at radius 1 is 1.11 bits per heavy atom. The highest BCUT2D eigenvalue weighted by Gasteiger charge is 2.18. The maximum absolute atomic E-state index is 13.7. The average molecular weight is 270 g/mol. The van der Waals surface area contributed by atoms with Gasteiger partial charge in [0.1, 0.15) is 11.6 Å². The average Bonchev–Trinajstić information content (AvgIpc) is 2.26. The second-order valence-corrected chi connectivity index (χ2v) is 5.71. The molecule has 0 aliphatic heterocycles. The van der Waals surface area contributed by atoms with Crippen LogP contribution in [0.2, 0.25) is 0 Å². The molecule has 1 aromatic carbocycles. The highest BCUT2D eigenvalue weighted by molar-refractivity contribution is 5.22. The van der Waals surface area contributed by atoms with E-state index in [-0.39, 0.29) is 0 Å². The van der Waals surface area contributed by atoms with Gasteiger partial charge in [-0.3, -0.25) is 4.90 Å². The monoisotopic (exact) mass is 270 g/mol. The number of benzene rings is 1. The van der Waals surface area contributed by atoms with E-state index in [1.165, 1.54) is 12.1 Å². The van der Waals surface area contributed by atoms with Gasteiger partial charge in [0.15, 0.2) is 0 Å². The third-order valence-corrected chi connectivity index (χ3v) is 3.12. The van der Waals surface area contributed by atoms with Gasteiger partial charge in [-0.1, -0.05) is 19.9 Å². The SMILES string of the molecule is CC(C)CN(CC(N)c1ccc(F)cc1F)C(C)C. The molecular formula is C15H24F2N2. The van der Waals surface area contributed by atoms with Crippen LogP contribution in [-0.2, 0) is 0 Å². The van der Waals surface area contributed by atoms with Gasteiger partial charge in [-0.05, 0) is 25.8 Å². The van der Waals surface area contributed by atoms with Crippen molar-refractivity contribution in [2.45, 2.75) is 39.8 Å². The Balaban J connectivity index is 2.78. The first kappa shape index (κ1) is 16.1. The molecule has 0 aromatic heterocycles. The van der Waals surface area contributed by atoms with E-state index in [4.69, 9.17) is 5.73 Å². The van der Waals surface area contributed by atoms with Gasteiger partial charge in [0.05, 0.1) is 0 Å². The zero-order valence-corrected chi connectivity index (χ0v) is 12.2. The molecule has 0 amide bonds. The van der Waals surface area contributed by atoms with Crippen LogP contribution in [0, 0.1) is 17.6 Å². The summed E-state index contributed by atoms with van der Waals surface area (Å²) in [6, 6.07) is 3.47. The van der Waals surface area contributed by atoms with E-state index < -0.39 is 17.7 Å². The molecule has 1 rings (SSSR count). The molecule has 0 aliphatic rings. The number of hydrogen-bond acceptors (Lipinski definition) is 2. The summed E-state index contributed by atoms with van der Waals surface area (Å²) in [6.07, 6.45) is 0. The highest BCUT2D eigenvalue weighted by atomic mass is 19.1. The molecule has 2 N–H and O–H groups in total. The largest absolute Gasteiger partial charge is 0.323 e. The molecule has 4 heteroatoms. The van der Waals surface area contributed by atoms with Gasteiger partial charge in [-0.2, -0.15) is 0 Å². The molecule has 1 atom stereocenters. The Morgan fingerprint density at radius 3 is 2.21 bits per heavy atom. The summed E-state index contributed by atoms with van der Waals surface area (Å²) in [7, 11) is 0. The van der Waals surface area contributed by atoms with Crippen LogP contribution in [-0.4, -0.2) is 24.0 Å². The van der Waals surface area contributed by atoms with Crippen molar-refractivity contribution in [1.29, 1.82) is 0 Å². The van der Waals surface area contributed by atoms with Gasteiger partial charge in [0, 0.05) is 36.8 Å². The Bertz CT molecular complexity index is 405. The van der Waals surface area contributed by atoms with E-state index in [2.05, 4.69) is 32.6 Å². The lowest BCUT2D eigenvalue weighted by atomic mass is 10.0. The molecule has 0 aliphatic carbocycles. The smallest absolute Gasteiger partial charge is 0.130 e. The summed E-state index contributed by atoms with van der Waals surface area (Å²) in [4.78, 5) is 2.22. The summed E-state index contributed by atoms with van der Waals surface area (Å²) in [6.45, 7) is 9.94. The number of nitrogens with zero attached hydrogens (tertiary/aromatic N) is 1. The number of hydrogen-bond donors (Lipinski definition) is 1. The highest BCUT2D eigenvalue weighted by Crippen LogP contribution is 2.18. The van der Waals surface area contributed by atoms with Crippen LogP contribution in [0.15, 0.2) is 18.2 Å². The van der Waals surface area contributed by atoms with E-state index in [1.807, 2.05) is 0 Å². The lowest BCUT2D eigenvalue weighted by Gasteiger charge is -2.31. The van der Waals surface area contributed by atoms with Gasteiger partial charge in [-0.25, -0.2) is 8.78 Å². The standard InChI is InChI=1S/C15H24F2N2/c1-10(2)8-19(11(3)4)9-15(18)13-6-5-12(16)7-14(13)17/h5-7,10-11,15H,8-9,18H2,1-4H3. The number of halogens is 2. The van der Waals surface area contributed by atoms with Crippen LogP contribution >= 0.6 is 0 Å². The van der Waals surface area contributed by atoms with Gasteiger partial charge < -0.3 is 5.73 Å². The molecule has 0 bridgehead atoms. The van der Waals surface area contributed by atoms with E-state index in [0.29, 0.717) is 24.1 Å². The summed E-state index contributed by atoms with van der Waals surface area (Å²) in [5.41, 5.74) is 6.43. The summed E-state index contributed by atoms with van der Waals surface area (Å²) < 4.78 is 26.6. The van der Waals surface area contributed by atoms with Crippen LogP contribution in [0.25, 0.3) is 0 Å². The van der Waals surface area contributed by atoms with E-state index >= 15 is 0 Å². The zero-order valence-electron chi connectivity index (χ0n) is 12.2. The van der Waals surface area contributed by atoms with Crippen molar-refractivity contribution in [3.63, 3.8) is 0 Å².